The summed E-state index contributed by atoms with van der Waals surface area (Å²) in [6.45, 7) is 0. The quantitative estimate of drug-likeness (QED) is 0.341. The van der Waals surface area contributed by atoms with Crippen molar-refractivity contribution in [2.75, 3.05) is 4.90 Å². The highest BCUT2D eigenvalue weighted by Gasteiger charge is 2.47. The second kappa shape index (κ2) is 7.01. The van der Waals surface area contributed by atoms with Crippen molar-refractivity contribution in [2.45, 2.75) is 5.60 Å². The zero-order valence-corrected chi connectivity index (χ0v) is 18.1. The summed E-state index contributed by atoms with van der Waals surface area (Å²) >= 11 is 0. The first-order valence-corrected chi connectivity index (χ1v) is 11.2. The molecule has 5 nitrogen and oxygen atoms in total. The van der Waals surface area contributed by atoms with E-state index in [9.17, 15) is 5.11 Å². The minimum absolute atomic E-state index is 0.707. The number of hydrogen-bond donors (Lipinski definition) is 1. The second-order valence-corrected chi connectivity index (χ2v) is 8.40. The zero-order chi connectivity index (χ0) is 22.7. The van der Waals surface area contributed by atoms with Gasteiger partial charge in [0.05, 0.1) is 28.5 Å². The highest BCUT2D eigenvalue weighted by atomic mass is 16.5. The molecule has 3 aromatic carbocycles. The lowest BCUT2D eigenvalue weighted by Crippen LogP contribution is -2.29. The van der Waals surface area contributed by atoms with E-state index in [4.69, 9.17) is 4.74 Å². The standard InChI is InChI=1S/C29H19N3O2/c33-29(20-10-7-17-30-27(20)28-21(29)11-8-18-31-28)19-9-1-2-12-22(19)32-23-13-3-5-15-25(23)34-26-16-6-4-14-24(26)32/h1-18,33H. The molecule has 0 fully saturated rings. The SMILES string of the molecule is OC1(c2ccccc2N2c3ccccc3Oc3ccccc32)c2cccnc2-c2ncccc21. The van der Waals surface area contributed by atoms with E-state index in [1.165, 1.54) is 0 Å². The van der Waals surface area contributed by atoms with E-state index in [1.54, 1.807) is 12.4 Å². The van der Waals surface area contributed by atoms with Crippen molar-refractivity contribution in [3.63, 3.8) is 0 Å². The van der Waals surface area contributed by atoms with Gasteiger partial charge in [-0.15, -0.1) is 0 Å². The van der Waals surface area contributed by atoms with Gasteiger partial charge in [-0.2, -0.15) is 0 Å². The van der Waals surface area contributed by atoms with Crippen LogP contribution in [0.3, 0.4) is 0 Å². The van der Waals surface area contributed by atoms with Gasteiger partial charge < -0.3 is 14.7 Å². The molecule has 0 spiro atoms. The minimum atomic E-state index is -1.41. The number of para-hydroxylation sites is 5. The number of aromatic nitrogens is 2. The van der Waals surface area contributed by atoms with E-state index >= 15 is 0 Å². The number of rotatable bonds is 2. The summed E-state index contributed by atoms with van der Waals surface area (Å²) in [5.41, 5.74) is 4.89. The zero-order valence-electron chi connectivity index (χ0n) is 18.1. The average molecular weight is 441 g/mol. The maximum Gasteiger partial charge on any atom is 0.151 e. The van der Waals surface area contributed by atoms with E-state index in [1.807, 2.05) is 97.1 Å². The Morgan fingerprint density at radius 1 is 0.559 bits per heavy atom. The van der Waals surface area contributed by atoms with Gasteiger partial charge in [-0.05, 0) is 42.5 Å². The summed E-state index contributed by atoms with van der Waals surface area (Å²) in [6, 6.07) is 31.5. The Kier molecular flexibility index (Phi) is 3.92. The molecule has 0 amide bonds. The molecular formula is C29H19N3O2. The van der Waals surface area contributed by atoms with Crippen molar-refractivity contribution in [3.05, 3.63) is 126 Å². The van der Waals surface area contributed by atoms with Crippen molar-refractivity contribution < 1.29 is 9.84 Å². The number of benzene rings is 3. The first-order chi connectivity index (χ1) is 16.8. The first kappa shape index (κ1) is 19.0. The molecule has 1 aliphatic carbocycles. The summed E-state index contributed by atoms with van der Waals surface area (Å²) in [4.78, 5) is 11.3. The summed E-state index contributed by atoms with van der Waals surface area (Å²) in [7, 11) is 0. The molecule has 5 heteroatoms. The van der Waals surface area contributed by atoms with E-state index in [2.05, 4.69) is 14.9 Å². The second-order valence-electron chi connectivity index (χ2n) is 8.40. The molecule has 1 N–H and O–H groups in total. The van der Waals surface area contributed by atoms with Crippen LogP contribution in [0.5, 0.6) is 11.5 Å². The van der Waals surface area contributed by atoms with Crippen molar-refractivity contribution in [1.82, 2.24) is 9.97 Å². The van der Waals surface area contributed by atoms with Gasteiger partial charge in [0.2, 0.25) is 0 Å². The number of hydrogen-bond acceptors (Lipinski definition) is 5. The summed E-state index contributed by atoms with van der Waals surface area (Å²) < 4.78 is 6.21. The Morgan fingerprint density at radius 3 is 1.62 bits per heavy atom. The fourth-order valence-corrected chi connectivity index (χ4v) is 5.15. The number of ether oxygens (including phenoxy) is 1. The van der Waals surface area contributed by atoms with Crippen molar-refractivity contribution in [1.29, 1.82) is 0 Å². The van der Waals surface area contributed by atoms with Crippen LogP contribution in [0.1, 0.15) is 16.7 Å². The van der Waals surface area contributed by atoms with Gasteiger partial charge in [0.15, 0.2) is 11.5 Å². The van der Waals surface area contributed by atoms with Crippen LogP contribution in [0, 0.1) is 0 Å². The number of nitrogens with zero attached hydrogens (tertiary/aromatic N) is 3. The highest BCUT2D eigenvalue weighted by Crippen LogP contribution is 2.55. The maximum absolute atomic E-state index is 12.5. The Morgan fingerprint density at radius 2 is 1.03 bits per heavy atom. The summed E-state index contributed by atoms with van der Waals surface area (Å²) in [6.07, 6.45) is 3.48. The van der Waals surface area contributed by atoms with Gasteiger partial charge in [-0.3, -0.25) is 9.97 Å². The number of anilines is 3. The van der Waals surface area contributed by atoms with Gasteiger partial charge in [0, 0.05) is 29.1 Å². The third kappa shape index (κ3) is 2.47. The Labute approximate surface area is 196 Å². The van der Waals surface area contributed by atoms with E-state index in [0.29, 0.717) is 11.4 Å². The fraction of sp³-hybridized carbons (Fsp3) is 0.0345. The van der Waals surface area contributed by atoms with Crippen LogP contribution < -0.4 is 9.64 Å². The molecule has 0 atom stereocenters. The topological polar surface area (TPSA) is 58.5 Å². The molecule has 3 heterocycles. The van der Waals surface area contributed by atoms with Gasteiger partial charge in [-0.25, -0.2) is 0 Å². The van der Waals surface area contributed by atoms with Crippen LogP contribution >= 0.6 is 0 Å². The largest absolute Gasteiger partial charge is 0.453 e. The number of pyridine rings is 2. The number of aliphatic hydroxyl groups is 1. The van der Waals surface area contributed by atoms with Crippen LogP contribution in [0.15, 0.2) is 109 Å². The van der Waals surface area contributed by atoms with E-state index in [-0.39, 0.29) is 0 Å². The van der Waals surface area contributed by atoms with E-state index in [0.717, 1.165) is 45.3 Å². The Balaban J connectivity index is 1.54. The molecule has 2 aliphatic rings. The lowest BCUT2D eigenvalue weighted by Gasteiger charge is -2.37. The van der Waals surface area contributed by atoms with Crippen LogP contribution in [0.25, 0.3) is 11.4 Å². The molecule has 2 aromatic heterocycles. The Hall–Kier alpha value is -4.48. The van der Waals surface area contributed by atoms with Gasteiger partial charge in [0.25, 0.3) is 0 Å². The highest BCUT2D eigenvalue weighted by molar-refractivity contribution is 5.89. The molecule has 7 rings (SSSR count). The molecule has 0 unspecified atom stereocenters. The van der Waals surface area contributed by atoms with Crippen LogP contribution in [0.4, 0.5) is 17.1 Å². The molecule has 34 heavy (non-hydrogen) atoms. The molecule has 0 saturated heterocycles. The number of fused-ring (bicyclic) bond motifs is 5. The van der Waals surface area contributed by atoms with Crippen molar-refractivity contribution in [2.24, 2.45) is 0 Å². The van der Waals surface area contributed by atoms with Gasteiger partial charge in [0.1, 0.15) is 5.60 Å². The summed E-state index contributed by atoms with van der Waals surface area (Å²) in [5, 5.41) is 12.5. The van der Waals surface area contributed by atoms with Crippen LogP contribution in [-0.2, 0) is 5.60 Å². The minimum Gasteiger partial charge on any atom is -0.453 e. The average Bonchev–Trinajstić information content (AvgIpc) is 3.17. The normalized spacial score (nSPS) is 14.4. The Bertz CT molecular complexity index is 1490. The molecule has 0 radical (unpaired) electrons. The van der Waals surface area contributed by atoms with Gasteiger partial charge in [-0.1, -0.05) is 54.6 Å². The third-order valence-corrected chi connectivity index (χ3v) is 6.59. The lowest BCUT2D eigenvalue weighted by molar-refractivity contribution is 0.131. The fourth-order valence-electron chi connectivity index (χ4n) is 5.15. The predicted octanol–water partition coefficient (Wildman–Crippen LogP) is 6.32. The predicted molar refractivity (Wildman–Crippen MR) is 131 cm³/mol. The molecule has 1 aliphatic heterocycles. The summed E-state index contributed by atoms with van der Waals surface area (Å²) in [5.74, 6) is 1.53. The smallest absolute Gasteiger partial charge is 0.151 e. The van der Waals surface area contributed by atoms with Crippen molar-refractivity contribution in [3.8, 4) is 22.9 Å². The molecule has 5 aromatic rings. The molecular weight excluding hydrogens is 422 g/mol. The van der Waals surface area contributed by atoms with Crippen LogP contribution in [-0.4, -0.2) is 15.1 Å². The van der Waals surface area contributed by atoms with Crippen LogP contribution in [0.2, 0.25) is 0 Å². The molecule has 162 valence electrons. The molecule has 0 saturated carbocycles. The monoisotopic (exact) mass is 441 g/mol. The maximum atomic E-state index is 12.5. The first-order valence-electron chi connectivity index (χ1n) is 11.2. The van der Waals surface area contributed by atoms with E-state index < -0.39 is 5.60 Å². The van der Waals surface area contributed by atoms with Crippen molar-refractivity contribution >= 4 is 17.1 Å². The van der Waals surface area contributed by atoms with Gasteiger partial charge >= 0.3 is 0 Å². The lowest BCUT2D eigenvalue weighted by atomic mass is 9.83. The molecule has 0 bridgehead atoms. The third-order valence-electron chi connectivity index (χ3n) is 6.59.